The highest BCUT2D eigenvalue weighted by Crippen LogP contribution is 2.33. The minimum Gasteiger partial charge on any atom is -0.507 e. The summed E-state index contributed by atoms with van der Waals surface area (Å²) >= 11 is 0. The first-order chi connectivity index (χ1) is 8.90. The highest BCUT2D eigenvalue weighted by atomic mass is 16.3. The van der Waals surface area contributed by atoms with Crippen LogP contribution < -0.4 is 11.5 Å². The molecule has 0 amide bonds. The van der Waals surface area contributed by atoms with Crippen molar-refractivity contribution in [2.75, 3.05) is 11.5 Å². The molecule has 0 bridgehead atoms. The molecule has 2 rings (SSSR count). The smallest absolute Gasteiger partial charge is 0.142 e. The highest BCUT2D eigenvalue weighted by Gasteiger charge is 2.12. The molecule has 0 spiro atoms. The molecular weight excluding hydrogens is 240 g/mol. The fourth-order valence-corrected chi connectivity index (χ4v) is 2.12. The Balaban J connectivity index is 2.45. The number of phenols is 2. The summed E-state index contributed by atoms with van der Waals surface area (Å²) in [5.41, 5.74) is 15.4. The van der Waals surface area contributed by atoms with Gasteiger partial charge in [-0.25, -0.2) is 0 Å². The second-order valence-electron chi connectivity index (χ2n) is 4.83. The van der Waals surface area contributed by atoms with Crippen molar-refractivity contribution in [3.8, 4) is 11.5 Å². The van der Waals surface area contributed by atoms with Crippen LogP contribution in [0.3, 0.4) is 0 Å². The van der Waals surface area contributed by atoms with Gasteiger partial charge in [0.15, 0.2) is 0 Å². The Hall–Kier alpha value is -2.36. The number of aryl methyl sites for hydroxylation is 2. The van der Waals surface area contributed by atoms with E-state index >= 15 is 0 Å². The van der Waals surface area contributed by atoms with E-state index < -0.39 is 0 Å². The summed E-state index contributed by atoms with van der Waals surface area (Å²) in [5, 5.41) is 20.1. The van der Waals surface area contributed by atoms with E-state index in [1.54, 1.807) is 25.1 Å². The lowest BCUT2D eigenvalue weighted by atomic mass is 9.98. The number of benzene rings is 2. The number of phenolic OH excluding ortho intramolecular Hbond substituents is 2. The van der Waals surface area contributed by atoms with E-state index in [0.29, 0.717) is 28.9 Å². The summed E-state index contributed by atoms with van der Waals surface area (Å²) in [6.45, 7) is 3.62. The molecule has 2 aromatic carbocycles. The topological polar surface area (TPSA) is 92.5 Å². The average Bonchev–Trinajstić information content (AvgIpc) is 2.36. The molecule has 0 aromatic heterocycles. The van der Waals surface area contributed by atoms with Gasteiger partial charge in [-0.05, 0) is 37.1 Å². The minimum absolute atomic E-state index is 0.0690. The maximum Gasteiger partial charge on any atom is 0.142 e. The Morgan fingerprint density at radius 2 is 1.58 bits per heavy atom. The molecule has 0 fully saturated rings. The third-order valence-corrected chi connectivity index (χ3v) is 3.30. The molecule has 0 heterocycles. The fraction of sp³-hybridized carbons (Fsp3) is 0.200. The molecule has 0 saturated carbocycles. The number of hydrogen-bond donors (Lipinski definition) is 4. The number of hydrogen-bond acceptors (Lipinski definition) is 4. The van der Waals surface area contributed by atoms with E-state index in [9.17, 15) is 10.2 Å². The van der Waals surface area contributed by atoms with Gasteiger partial charge in [0.25, 0.3) is 0 Å². The first kappa shape index (κ1) is 13.1. The Bertz CT molecular complexity index is 637. The maximum absolute atomic E-state index is 10.0. The van der Waals surface area contributed by atoms with Crippen LogP contribution in [0.2, 0.25) is 0 Å². The second kappa shape index (κ2) is 4.72. The predicted molar refractivity (Wildman–Crippen MR) is 77.3 cm³/mol. The van der Waals surface area contributed by atoms with Crippen molar-refractivity contribution < 1.29 is 10.2 Å². The zero-order chi connectivity index (χ0) is 14.2. The van der Waals surface area contributed by atoms with Gasteiger partial charge < -0.3 is 21.7 Å². The van der Waals surface area contributed by atoms with Crippen LogP contribution >= 0.6 is 0 Å². The molecular formula is C15H18N2O2. The molecule has 19 heavy (non-hydrogen) atoms. The van der Waals surface area contributed by atoms with E-state index in [-0.39, 0.29) is 11.5 Å². The molecule has 0 aliphatic carbocycles. The van der Waals surface area contributed by atoms with Gasteiger partial charge in [-0.2, -0.15) is 0 Å². The first-order valence-corrected chi connectivity index (χ1v) is 6.05. The maximum atomic E-state index is 10.0. The summed E-state index contributed by atoms with van der Waals surface area (Å²) < 4.78 is 0. The van der Waals surface area contributed by atoms with Gasteiger partial charge in [0, 0.05) is 23.2 Å². The Labute approximate surface area is 112 Å². The lowest BCUT2D eigenvalue weighted by Crippen LogP contribution is -1.98. The van der Waals surface area contributed by atoms with Crippen molar-refractivity contribution >= 4 is 11.4 Å². The van der Waals surface area contributed by atoms with Gasteiger partial charge in [0.2, 0.25) is 0 Å². The van der Waals surface area contributed by atoms with E-state index in [1.165, 1.54) is 0 Å². The molecule has 0 saturated heterocycles. The van der Waals surface area contributed by atoms with E-state index in [4.69, 9.17) is 11.5 Å². The lowest BCUT2D eigenvalue weighted by Gasteiger charge is -2.12. The first-order valence-electron chi connectivity index (χ1n) is 6.05. The molecule has 4 heteroatoms. The summed E-state index contributed by atoms with van der Waals surface area (Å²) in [7, 11) is 0. The zero-order valence-electron chi connectivity index (χ0n) is 11.1. The van der Waals surface area contributed by atoms with Crippen LogP contribution in [0.5, 0.6) is 11.5 Å². The van der Waals surface area contributed by atoms with Crippen LogP contribution in [-0.2, 0) is 6.42 Å². The van der Waals surface area contributed by atoms with Gasteiger partial charge in [0.1, 0.15) is 11.5 Å². The van der Waals surface area contributed by atoms with Crippen molar-refractivity contribution in [2.24, 2.45) is 0 Å². The Kier molecular flexibility index (Phi) is 3.25. The number of nitrogen functional groups attached to an aromatic ring is 2. The molecule has 0 radical (unpaired) electrons. The van der Waals surface area contributed by atoms with Crippen LogP contribution in [0.4, 0.5) is 11.4 Å². The van der Waals surface area contributed by atoms with E-state index in [1.807, 2.05) is 13.0 Å². The molecule has 0 atom stereocenters. The normalized spacial score (nSPS) is 10.6. The molecule has 0 aliphatic rings. The van der Waals surface area contributed by atoms with Crippen LogP contribution in [0.25, 0.3) is 0 Å². The standard InChI is InChI=1S/C15H18N2O2/c1-8-3-4-10(15(19)13(8)17)6-11-7-12(16)5-9(2)14(11)18/h3-5,7,18-19H,6,16-17H2,1-2H3. The largest absolute Gasteiger partial charge is 0.507 e. The molecule has 4 nitrogen and oxygen atoms in total. The fourth-order valence-electron chi connectivity index (χ4n) is 2.12. The van der Waals surface area contributed by atoms with Crippen LogP contribution in [0.1, 0.15) is 22.3 Å². The molecule has 0 unspecified atom stereocenters. The summed E-state index contributed by atoms with van der Waals surface area (Å²) in [4.78, 5) is 0. The van der Waals surface area contributed by atoms with Crippen molar-refractivity contribution in [2.45, 2.75) is 20.3 Å². The van der Waals surface area contributed by atoms with Crippen molar-refractivity contribution in [1.29, 1.82) is 0 Å². The second-order valence-corrected chi connectivity index (χ2v) is 4.83. The molecule has 0 aliphatic heterocycles. The monoisotopic (exact) mass is 258 g/mol. The van der Waals surface area contributed by atoms with Gasteiger partial charge in [-0.1, -0.05) is 12.1 Å². The lowest BCUT2D eigenvalue weighted by molar-refractivity contribution is 0.461. The summed E-state index contributed by atoms with van der Waals surface area (Å²) in [6, 6.07) is 7.07. The highest BCUT2D eigenvalue weighted by molar-refractivity contribution is 5.62. The molecule has 2 aromatic rings. The number of aromatic hydroxyl groups is 2. The number of nitrogens with two attached hydrogens (primary N) is 2. The van der Waals surface area contributed by atoms with Crippen molar-refractivity contribution in [1.82, 2.24) is 0 Å². The minimum atomic E-state index is 0.0690. The van der Waals surface area contributed by atoms with Crippen LogP contribution in [-0.4, -0.2) is 10.2 Å². The Morgan fingerprint density at radius 3 is 2.26 bits per heavy atom. The zero-order valence-corrected chi connectivity index (χ0v) is 11.1. The summed E-state index contributed by atoms with van der Waals surface area (Å²) in [6.07, 6.45) is 0.383. The predicted octanol–water partition coefficient (Wildman–Crippen LogP) is 2.47. The van der Waals surface area contributed by atoms with Gasteiger partial charge in [0.05, 0.1) is 5.69 Å². The average molecular weight is 258 g/mol. The Morgan fingerprint density at radius 1 is 0.895 bits per heavy atom. The van der Waals surface area contributed by atoms with Crippen molar-refractivity contribution in [3.05, 3.63) is 46.5 Å². The van der Waals surface area contributed by atoms with Crippen molar-refractivity contribution in [3.63, 3.8) is 0 Å². The molecule has 6 N–H and O–H groups in total. The van der Waals surface area contributed by atoms with Gasteiger partial charge in [-0.3, -0.25) is 0 Å². The van der Waals surface area contributed by atoms with Crippen LogP contribution in [0, 0.1) is 13.8 Å². The summed E-state index contributed by atoms with van der Waals surface area (Å²) in [5.74, 6) is 0.271. The van der Waals surface area contributed by atoms with Gasteiger partial charge in [-0.15, -0.1) is 0 Å². The van der Waals surface area contributed by atoms with Gasteiger partial charge >= 0.3 is 0 Å². The third-order valence-electron chi connectivity index (χ3n) is 3.30. The quantitative estimate of drug-likeness (QED) is 0.378. The molecule has 100 valence electrons. The SMILES string of the molecule is Cc1ccc(Cc2cc(N)cc(C)c2O)c(O)c1N. The number of anilines is 2. The van der Waals surface area contributed by atoms with Crippen LogP contribution in [0.15, 0.2) is 24.3 Å². The van der Waals surface area contributed by atoms with E-state index in [2.05, 4.69) is 0 Å². The third kappa shape index (κ3) is 2.42. The number of rotatable bonds is 2. The van der Waals surface area contributed by atoms with E-state index in [0.717, 1.165) is 11.1 Å².